The van der Waals surface area contributed by atoms with E-state index >= 15 is 0 Å². The molecule has 2 aliphatic rings. The molecule has 25 heteroatoms. The van der Waals surface area contributed by atoms with Crippen LogP contribution < -0.4 is 14.2 Å². The molecule has 22 nitrogen and oxygen atoms in total. The first-order valence-electron chi connectivity index (χ1n) is 28.2. The molecule has 0 spiro atoms. The SMILES string of the molecule is CC(C)(C)OC(=O)N1CCC(C(C)(C)C)CC1.CC1=NC(S(=O)(=O)NCC(O)CC(C)(C)C)=CC1.CN(C)C(O)CC(C)(C)C.Cc1nc(S(=O)(=O)NCC(O)CC(C)(C)C)cn1C.Cc1oncc1S(=O)(=O)NCC(O)CC(C)(C)C. The number of rotatable bonds is 17. The first-order valence-corrected chi connectivity index (χ1v) is 32.6. The first kappa shape index (κ1) is 78.6. The van der Waals surface area contributed by atoms with E-state index in [1.165, 1.54) is 13.1 Å². The van der Waals surface area contributed by atoms with Gasteiger partial charge in [-0.1, -0.05) is 109 Å². The van der Waals surface area contributed by atoms with Crippen molar-refractivity contribution in [1.29, 1.82) is 0 Å². The van der Waals surface area contributed by atoms with Crippen LogP contribution in [0.4, 0.5) is 4.79 Å². The molecule has 4 unspecified atom stereocenters. The molecule has 0 bridgehead atoms. The Bertz CT molecular complexity index is 2620. The number of aliphatic hydroxyl groups excluding tert-OH is 4. The largest absolute Gasteiger partial charge is 0.444 e. The first-order chi connectivity index (χ1) is 36.6. The Morgan fingerprint density at radius 2 is 1.10 bits per heavy atom. The third kappa shape index (κ3) is 34.6. The number of piperidine rings is 1. The van der Waals surface area contributed by atoms with E-state index in [1.807, 2.05) is 107 Å². The van der Waals surface area contributed by atoms with Crippen molar-refractivity contribution < 1.29 is 59.7 Å². The van der Waals surface area contributed by atoms with Crippen molar-refractivity contribution in [3.8, 4) is 0 Å². The lowest BCUT2D eigenvalue weighted by Crippen LogP contribution is -2.43. The molecule has 2 aromatic heterocycles. The van der Waals surface area contributed by atoms with Crippen LogP contribution in [-0.2, 0) is 41.9 Å². The molecule has 1 saturated heterocycles. The number of amides is 1. The number of aryl methyl sites for hydroxylation is 3. The quantitative estimate of drug-likeness (QED) is 0.0733. The Kier molecular flexibility index (Phi) is 31.1. The zero-order valence-electron chi connectivity index (χ0n) is 54.5. The van der Waals surface area contributed by atoms with Gasteiger partial charge in [0.1, 0.15) is 22.5 Å². The molecule has 2 aromatic rings. The highest BCUT2D eigenvalue weighted by molar-refractivity contribution is 7.93. The number of likely N-dealkylation sites (tertiary alicyclic amines) is 1. The van der Waals surface area contributed by atoms with Gasteiger partial charge in [-0.2, -0.15) is 0 Å². The maximum atomic E-state index is 12.0. The van der Waals surface area contributed by atoms with Gasteiger partial charge >= 0.3 is 6.09 Å². The summed E-state index contributed by atoms with van der Waals surface area (Å²) in [5, 5.41) is 42.2. The van der Waals surface area contributed by atoms with Gasteiger partial charge in [0.2, 0.25) is 10.0 Å². The topological polar surface area (TPSA) is 308 Å². The van der Waals surface area contributed by atoms with Crippen molar-refractivity contribution >= 4 is 41.9 Å². The van der Waals surface area contributed by atoms with Crippen LogP contribution in [0.3, 0.4) is 0 Å². The summed E-state index contributed by atoms with van der Waals surface area (Å²) in [6, 6.07) is 0. The Balaban J connectivity index is 0.00000101. The summed E-state index contributed by atoms with van der Waals surface area (Å²) in [6.45, 7) is 43.5. The van der Waals surface area contributed by atoms with Gasteiger partial charge in [-0.15, -0.1) is 0 Å². The smallest absolute Gasteiger partial charge is 0.410 e. The van der Waals surface area contributed by atoms with Crippen LogP contribution in [0.5, 0.6) is 0 Å². The molecule has 2 aliphatic heterocycles. The van der Waals surface area contributed by atoms with E-state index in [2.05, 4.69) is 70.8 Å². The molecule has 0 aliphatic carbocycles. The van der Waals surface area contributed by atoms with Crippen molar-refractivity contribution in [2.24, 2.45) is 45.0 Å². The third-order valence-electron chi connectivity index (χ3n) is 12.3. The lowest BCUT2D eigenvalue weighted by atomic mass is 9.75. The van der Waals surface area contributed by atoms with Crippen molar-refractivity contribution in [3.63, 3.8) is 0 Å². The number of aliphatic imine (C=N–C) groups is 1. The Labute approximate surface area is 495 Å². The van der Waals surface area contributed by atoms with Crippen molar-refractivity contribution in [3.05, 3.63) is 35.1 Å². The monoisotopic (exact) mass is 1230 g/mol. The second-order valence-electron chi connectivity index (χ2n) is 28.7. The van der Waals surface area contributed by atoms with Gasteiger partial charge in [0, 0.05) is 58.1 Å². The highest BCUT2D eigenvalue weighted by Crippen LogP contribution is 2.35. The number of hydrogen-bond donors (Lipinski definition) is 7. The summed E-state index contributed by atoms with van der Waals surface area (Å²) in [5.41, 5.74) is 0.809. The maximum Gasteiger partial charge on any atom is 0.410 e. The van der Waals surface area contributed by atoms with Crippen molar-refractivity contribution in [1.82, 2.24) is 38.7 Å². The lowest BCUT2D eigenvalue weighted by Gasteiger charge is -2.39. The van der Waals surface area contributed by atoms with Gasteiger partial charge in [0.15, 0.2) is 15.8 Å². The van der Waals surface area contributed by atoms with Gasteiger partial charge in [-0.3, -0.25) is 4.90 Å². The van der Waals surface area contributed by atoms with E-state index in [-0.39, 0.29) is 74.3 Å². The van der Waals surface area contributed by atoms with Gasteiger partial charge < -0.3 is 39.2 Å². The van der Waals surface area contributed by atoms with E-state index in [4.69, 9.17) is 9.26 Å². The number of hydrogen-bond acceptors (Lipinski definition) is 17. The normalized spacial score (nSPS) is 16.6. The number of ether oxygens (including phenoxy) is 1. The number of carbonyl (C=O) groups is 1. The highest BCUT2D eigenvalue weighted by Gasteiger charge is 2.33. The van der Waals surface area contributed by atoms with E-state index in [0.717, 1.165) is 44.3 Å². The number of aliphatic hydroxyl groups is 4. The number of sulfonamides is 3. The molecule has 4 rings (SSSR count). The predicted octanol–water partition coefficient (Wildman–Crippen LogP) is 8.25. The summed E-state index contributed by atoms with van der Waals surface area (Å²) in [5.74, 6) is 1.56. The number of imidazole rings is 1. The van der Waals surface area contributed by atoms with Gasteiger partial charge in [0.05, 0.1) is 24.5 Å². The highest BCUT2D eigenvalue weighted by atomic mass is 32.2. The summed E-state index contributed by atoms with van der Waals surface area (Å²) < 4.78 is 90.2. The number of allylic oxidation sites excluding steroid dienone is 1. The van der Waals surface area contributed by atoms with Crippen LogP contribution in [0.1, 0.15) is 188 Å². The van der Waals surface area contributed by atoms with E-state index in [0.29, 0.717) is 42.8 Å². The van der Waals surface area contributed by atoms with E-state index in [9.17, 15) is 50.5 Å². The molecule has 82 heavy (non-hydrogen) atoms. The molecule has 480 valence electrons. The van der Waals surface area contributed by atoms with Crippen LogP contribution in [0.2, 0.25) is 0 Å². The number of aromatic nitrogens is 3. The van der Waals surface area contributed by atoms with Gasteiger partial charge in [0.25, 0.3) is 20.0 Å². The minimum atomic E-state index is -3.66. The molecule has 0 radical (unpaired) electrons. The number of nitrogens with one attached hydrogen (secondary N) is 3. The Morgan fingerprint density at radius 1 is 0.683 bits per heavy atom. The molecule has 0 saturated carbocycles. The second-order valence-corrected chi connectivity index (χ2v) is 33.9. The number of carbonyl (C=O) groups excluding carboxylic acids is 1. The van der Waals surface area contributed by atoms with Gasteiger partial charge in [-0.05, 0) is 133 Å². The average molecular weight is 1230 g/mol. The Morgan fingerprint density at radius 3 is 1.40 bits per heavy atom. The second kappa shape index (κ2) is 32.4. The zero-order valence-corrected chi connectivity index (χ0v) is 56.9. The van der Waals surface area contributed by atoms with Crippen molar-refractivity contribution in [2.75, 3.05) is 46.8 Å². The lowest BCUT2D eigenvalue weighted by molar-refractivity contribution is 0.00764. The minimum absolute atomic E-state index is 0.00474. The fourth-order valence-electron chi connectivity index (χ4n) is 8.05. The predicted molar refractivity (Wildman–Crippen MR) is 326 cm³/mol. The van der Waals surface area contributed by atoms with Crippen LogP contribution >= 0.6 is 0 Å². The van der Waals surface area contributed by atoms with Crippen molar-refractivity contribution in [2.45, 2.75) is 230 Å². The minimum Gasteiger partial charge on any atom is -0.444 e. The molecule has 0 aromatic carbocycles. The molecular weight excluding hydrogens is 1110 g/mol. The summed E-state index contributed by atoms with van der Waals surface area (Å²) in [6.07, 6.45) is 6.73. The molecule has 1 fully saturated rings. The zero-order chi connectivity index (χ0) is 64.4. The molecule has 7 N–H and O–H groups in total. The molecular formula is C57H111N9O13S3. The van der Waals surface area contributed by atoms with E-state index in [1.54, 1.807) is 31.5 Å². The Hall–Kier alpha value is -3.37. The van der Waals surface area contributed by atoms with Crippen LogP contribution in [0.15, 0.2) is 42.9 Å². The van der Waals surface area contributed by atoms with Gasteiger partial charge in [-0.25, -0.2) is 54.2 Å². The summed E-state index contributed by atoms with van der Waals surface area (Å²) in [7, 11) is -5.40. The average Bonchev–Trinajstić information content (AvgIpc) is 4.02. The van der Waals surface area contributed by atoms with Crippen LogP contribution in [0.25, 0.3) is 0 Å². The van der Waals surface area contributed by atoms with Crippen LogP contribution in [-0.4, -0.2) is 159 Å². The van der Waals surface area contributed by atoms with Crippen LogP contribution in [0, 0.1) is 46.8 Å². The maximum absolute atomic E-state index is 12.0. The van der Waals surface area contributed by atoms with E-state index < -0.39 is 54.0 Å². The fourth-order valence-corrected chi connectivity index (χ4v) is 11.5. The molecule has 4 heterocycles. The standard InChI is InChI=1S/C14H27NO2.C12H23N3O3S.C12H22N2O3S.C11H20N2O4S.C8H19NO/c1-13(2,3)11-7-9-15(10-8-11)12(16)17-14(4,5)6;1-9-14-11(8-15(9)5)19(17,18)13-7-10(16)6-12(2,3)4;1-9-5-6-11(14-9)18(16,17)13-8-10(15)7-12(2,3)4;1-8-10(7-12-17-8)18(15,16)13-6-9(14)5-11(2,3)4;1-8(2,3)6-7(10)9(4)5/h11H,7-10H2,1-6H3;8,10,13,16H,6-7H2,1-5H3;6,10,13,15H,5,7-8H2,1-4H3;7,9,13-14H,5-6H2,1-4H3;7,10H,6H2,1-5H3. The third-order valence-corrected chi connectivity index (χ3v) is 16.5. The summed E-state index contributed by atoms with van der Waals surface area (Å²) in [4.78, 5) is 23.5. The fraction of sp³-hybridized carbons (Fsp3) is 0.825. The number of nitrogens with zero attached hydrogens (tertiary/aromatic N) is 6. The molecule has 4 atom stereocenters. The summed E-state index contributed by atoms with van der Waals surface area (Å²) >= 11 is 0. The molecule has 1 amide bonds.